The van der Waals surface area contributed by atoms with Crippen molar-refractivity contribution in [2.45, 2.75) is 25.8 Å². The fraction of sp³-hybridized carbons (Fsp3) is 0.292. The van der Waals surface area contributed by atoms with Gasteiger partial charge in [0.2, 0.25) is 5.91 Å². The summed E-state index contributed by atoms with van der Waals surface area (Å²) in [6.45, 7) is 3.37. The van der Waals surface area contributed by atoms with Gasteiger partial charge >= 0.3 is 0 Å². The summed E-state index contributed by atoms with van der Waals surface area (Å²) in [5, 5.41) is 20.5. The molecule has 32 heavy (non-hydrogen) atoms. The van der Waals surface area contributed by atoms with Gasteiger partial charge in [0.25, 0.3) is 0 Å². The molecule has 1 N–H and O–H groups in total. The number of rotatable bonds is 3. The van der Waals surface area contributed by atoms with Crippen molar-refractivity contribution in [3.63, 3.8) is 0 Å². The Morgan fingerprint density at radius 2 is 2.12 bits per heavy atom. The molecule has 2 atom stereocenters. The molecule has 0 aromatic carbocycles. The van der Waals surface area contributed by atoms with Gasteiger partial charge in [0.15, 0.2) is 0 Å². The fourth-order valence-corrected chi connectivity index (χ4v) is 4.75. The van der Waals surface area contributed by atoms with Crippen LogP contribution in [0.25, 0.3) is 33.1 Å². The van der Waals surface area contributed by atoms with Gasteiger partial charge in [0.1, 0.15) is 18.1 Å². The summed E-state index contributed by atoms with van der Waals surface area (Å²) in [6.07, 6.45) is 9.88. The predicted octanol–water partition coefficient (Wildman–Crippen LogP) is 3.77. The number of hydrogen-bond donors (Lipinski definition) is 1. The first-order chi connectivity index (χ1) is 15.6. The molecule has 1 aliphatic heterocycles. The van der Waals surface area contributed by atoms with Gasteiger partial charge in [-0.05, 0) is 30.0 Å². The molecule has 1 fully saturated rings. The van der Waals surface area contributed by atoms with Crippen molar-refractivity contribution < 1.29 is 4.79 Å². The number of carbonyl (C=O) groups excluding carboxylic acids is 1. The molecule has 0 unspecified atom stereocenters. The minimum absolute atomic E-state index is 0.0107. The molecule has 0 radical (unpaired) electrons. The van der Waals surface area contributed by atoms with E-state index in [1.54, 1.807) is 23.5 Å². The summed E-state index contributed by atoms with van der Waals surface area (Å²) >= 11 is 0. The summed E-state index contributed by atoms with van der Waals surface area (Å²) in [5.41, 5.74) is 4.16. The van der Waals surface area contributed by atoms with Crippen LogP contribution in [-0.2, 0) is 4.79 Å². The number of H-pyrrole nitrogens is 1. The average Bonchev–Trinajstić information content (AvgIpc) is 3.41. The van der Waals surface area contributed by atoms with E-state index in [-0.39, 0.29) is 18.4 Å². The van der Waals surface area contributed by atoms with Crippen LogP contribution in [-0.4, -0.2) is 43.4 Å². The standard InChI is InChI=1S/C24H21N7O/c1-15-5-9-30(21(32)2-6-25)14-20(15)31-13-19(16-3-7-27-8-4-16)18-12-29-24-22(23(18)31)17(10-26)11-28-24/h3-4,7-8,11-13,15,20H,2,5,9,14H2,1H3,(H,28,29)/t15-,20+/m1/s1. The zero-order valence-electron chi connectivity index (χ0n) is 17.6. The second kappa shape index (κ2) is 7.82. The lowest BCUT2D eigenvalue weighted by atomic mass is 9.92. The Morgan fingerprint density at radius 3 is 2.88 bits per heavy atom. The lowest BCUT2D eigenvalue weighted by Gasteiger charge is -2.38. The molecule has 4 aromatic rings. The van der Waals surface area contributed by atoms with Crippen molar-refractivity contribution in [1.29, 1.82) is 10.5 Å². The van der Waals surface area contributed by atoms with E-state index < -0.39 is 0 Å². The highest BCUT2D eigenvalue weighted by Crippen LogP contribution is 2.40. The minimum Gasteiger partial charge on any atom is -0.345 e. The van der Waals surface area contributed by atoms with Crippen LogP contribution in [0.1, 0.15) is 31.4 Å². The van der Waals surface area contributed by atoms with E-state index in [9.17, 15) is 10.1 Å². The maximum Gasteiger partial charge on any atom is 0.236 e. The summed E-state index contributed by atoms with van der Waals surface area (Å²) in [7, 11) is 0. The molecule has 1 amide bonds. The predicted molar refractivity (Wildman–Crippen MR) is 119 cm³/mol. The lowest BCUT2D eigenvalue weighted by molar-refractivity contribution is -0.132. The lowest BCUT2D eigenvalue weighted by Crippen LogP contribution is -2.43. The van der Waals surface area contributed by atoms with Gasteiger partial charge in [-0.25, -0.2) is 4.98 Å². The fourth-order valence-electron chi connectivity index (χ4n) is 4.75. The topological polar surface area (TPSA) is 114 Å². The van der Waals surface area contributed by atoms with Gasteiger partial charge in [-0.2, -0.15) is 10.5 Å². The Labute approximate surface area is 184 Å². The maximum atomic E-state index is 12.5. The molecule has 8 nitrogen and oxygen atoms in total. The normalized spacial score (nSPS) is 18.5. The van der Waals surface area contributed by atoms with Crippen molar-refractivity contribution in [3.8, 4) is 23.3 Å². The molecule has 0 spiro atoms. The quantitative estimate of drug-likeness (QED) is 0.539. The highest BCUT2D eigenvalue weighted by Gasteiger charge is 2.32. The van der Waals surface area contributed by atoms with Crippen LogP contribution in [0.4, 0.5) is 0 Å². The molecule has 158 valence electrons. The van der Waals surface area contributed by atoms with E-state index in [2.05, 4.69) is 38.7 Å². The molecule has 5 heterocycles. The second-order valence-corrected chi connectivity index (χ2v) is 8.25. The first-order valence-electron chi connectivity index (χ1n) is 10.6. The third kappa shape index (κ3) is 3.09. The van der Waals surface area contributed by atoms with Crippen molar-refractivity contribution >= 4 is 27.8 Å². The molecule has 4 aromatic heterocycles. The van der Waals surface area contributed by atoms with Crippen molar-refractivity contribution in [1.82, 2.24) is 24.4 Å². The number of fused-ring (bicyclic) bond motifs is 3. The molecule has 5 rings (SSSR count). The number of nitrogens with zero attached hydrogens (tertiary/aromatic N) is 6. The van der Waals surface area contributed by atoms with Crippen LogP contribution in [0.3, 0.4) is 0 Å². The van der Waals surface area contributed by atoms with E-state index in [1.165, 1.54) is 0 Å². The number of nitriles is 2. The van der Waals surface area contributed by atoms with Crippen molar-refractivity contribution in [2.75, 3.05) is 13.1 Å². The molecule has 0 bridgehead atoms. The first kappa shape index (κ1) is 19.8. The first-order valence-corrected chi connectivity index (χ1v) is 10.6. The Balaban J connectivity index is 1.75. The van der Waals surface area contributed by atoms with Gasteiger partial charge in [-0.3, -0.25) is 9.78 Å². The second-order valence-electron chi connectivity index (χ2n) is 8.25. The summed E-state index contributed by atoms with van der Waals surface area (Å²) in [5.74, 6) is 0.177. The number of aromatic nitrogens is 4. The number of nitrogens with one attached hydrogen (secondary N) is 1. The van der Waals surface area contributed by atoms with E-state index in [1.807, 2.05) is 24.4 Å². The number of likely N-dealkylation sites (tertiary alicyclic amines) is 1. The summed E-state index contributed by atoms with van der Waals surface area (Å²) < 4.78 is 2.21. The van der Waals surface area contributed by atoms with E-state index in [0.717, 1.165) is 33.8 Å². The van der Waals surface area contributed by atoms with Crippen molar-refractivity contribution in [3.05, 3.63) is 48.7 Å². The molecule has 0 saturated carbocycles. The minimum atomic E-state index is -0.138. The smallest absolute Gasteiger partial charge is 0.236 e. The highest BCUT2D eigenvalue weighted by molar-refractivity contribution is 6.11. The Morgan fingerprint density at radius 1 is 1.31 bits per heavy atom. The number of pyridine rings is 2. The maximum absolute atomic E-state index is 12.5. The van der Waals surface area contributed by atoms with Crippen molar-refractivity contribution in [2.24, 2.45) is 5.92 Å². The largest absolute Gasteiger partial charge is 0.345 e. The van der Waals surface area contributed by atoms with E-state index in [4.69, 9.17) is 5.26 Å². The van der Waals surface area contributed by atoms with Gasteiger partial charge in [0.05, 0.1) is 28.6 Å². The Bertz CT molecular complexity index is 1400. The zero-order valence-corrected chi connectivity index (χ0v) is 17.6. The van der Waals surface area contributed by atoms with Crippen LogP contribution in [0, 0.1) is 28.6 Å². The van der Waals surface area contributed by atoms with Crippen LogP contribution < -0.4 is 0 Å². The summed E-state index contributed by atoms with van der Waals surface area (Å²) in [4.78, 5) is 26.1. The van der Waals surface area contributed by atoms with Gasteiger partial charge in [-0.1, -0.05) is 6.92 Å². The number of amides is 1. The SMILES string of the molecule is C[C@@H]1CCN(C(=O)CC#N)C[C@@H]1n1cc(-c2ccncc2)c2cnc3[nH]cc(C#N)c3c21. The van der Waals surface area contributed by atoms with Crippen LogP contribution in [0.15, 0.2) is 43.1 Å². The Kier molecular flexibility index (Phi) is 4.84. The van der Waals surface area contributed by atoms with Gasteiger partial charge < -0.3 is 14.5 Å². The third-order valence-corrected chi connectivity index (χ3v) is 6.46. The van der Waals surface area contributed by atoms with E-state index >= 15 is 0 Å². The molecular formula is C24H21N7O. The number of carbonyl (C=O) groups is 1. The van der Waals surface area contributed by atoms with Crippen LogP contribution in [0.5, 0.6) is 0 Å². The average molecular weight is 423 g/mol. The van der Waals surface area contributed by atoms with E-state index in [0.29, 0.717) is 30.2 Å². The number of aromatic amines is 1. The molecular weight excluding hydrogens is 402 g/mol. The Hall–Kier alpha value is -4.17. The van der Waals surface area contributed by atoms with Crippen LogP contribution in [0.2, 0.25) is 0 Å². The number of piperidine rings is 1. The zero-order chi connectivity index (χ0) is 22.2. The monoisotopic (exact) mass is 423 g/mol. The number of hydrogen-bond acceptors (Lipinski definition) is 5. The molecule has 1 aliphatic rings. The van der Waals surface area contributed by atoms with Gasteiger partial charge in [-0.15, -0.1) is 0 Å². The van der Waals surface area contributed by atoms with Crippen LogP contribution >= 0.6 is 0 Å². The van der Waals surface area contributed by atoms with Gasteiger partial charge in [0, 0.05) is 55.0 Å². The third-order valence-electron chi connectivity index (χ3n) is 6.46. The molecule has 0 aliphatic carbocycles. The molecule has 8 heteroatoms. The summed E-state index contributed by atoms with van der Waals surface area (Å²) in [6, 6.07) is 8.18. The highest BCUT2D eigenvalue weighted by atomic mass is 16.2. The molecule has 1 saturated heterocycles.